The third-order valence-electron chi connectivity index (χ3n) is 12.2. The van der Waals surface area contributed by atoms with Crippen molar-refractivity contribution >= 4 is 50.3 Å². The summed E-state index contributed by atoms with van der Waals surface area (Å²) in [5.74, 6) is 0.728. The first-order valence-electron chi connectivity index (χ1n) is 20.4. The van der Waals surface area contributed by atoms with E-state index in [1.165, 1.54) is 87.2 Å². The highest BCUT2D eigenvalue weighted by Crippen LogP contribution is 2.54. The van der Waals surface area contributed by atoms with Crippen molar-refractivity contribution in [2.24, 2.45) is 0 Å². The fraction of sp³-hybridized carbons (Fsp3) is 0.0714. The monoisotopic (exact) mass is 759 g/mol. The minimum absolute atomic E-state index is 0.328. The summed E-state index contributed by atoms with van der Waals surface area (Å²) in [5.41, 5.74) is 14.1. The van der Waals surface area contributed by atoms with Gasteiger partial charge in [-0.3, -0.25) is 0 Å². The predicted molar refractivity (Wildman–Crippen MR) is 248 cm³/mol. The number of fused-ring (bicyclic) bond motifs is 5. The molecule has 2 aliphatic carbocycles. The van der Waals surface area contributed by atoms with Gasteiger partial charge in [0.1, 0.15) is 0 Å². The second kappa shape index (κ2) is 14.7. The largest absolute Gasteiger partial charge is 0.310 e. The zero-order valence-electron chi connectivity index (χ0n) is 32.1. The maximum Gasteiger partial charge on any atom is 0.0539 e. The Balaban J connectivity index is 0.891. The van der Waals surface area contributed by atoms with Crippen LogP contribution >= 0.6 is 11.8 Å². The van der Waals surface area contributed by atoms with Gasteiger partial charge in [-0.15, -0.1) is 0 Å². The van der Waals surface area contributed by atoms with Gasteiger partial charge in [0.2, 0.25) is 0 Å². The molecule has 0 bridgehead atoms. The van der Waals surface area contributed by atoms with E-state index in [4.69, 9.17) is 0 Å². The number of thioether (sulfide) groups is 1. The molecule has 0 radical (unpaired) electrons. The summed E-state index contributed by atoms with van der Waals surface area (Å²) in [6.45, 7) is 0. The Morgan fingerprint density at radius 3 is 1.98 bits per heavy atom. The maximum absolute atomic E-state index is 2.44. The second-order valence-electron chi connectivity index (χ2n) is 15.6. The first kappa shape index (κ1) is 34.6. The lowest BCUT2D eigenvalue weighted by molar-refractivity contribution is 0.847. The van der Waals surface area contributed by atoms with Crippen molar-refractivity contribution in [3.63, 3.8) is 0 Å². The molecule has 2 heteroatoms. The average Bonchev–Trinajstić information content (AvgIpc) is 3.67. The summed E-state index contributed by atoms with van der Waals surface area (Å²) in [6.07, 6.45) is 13.8. The van der Waals surface area contributed by atoms with Gasteiger partial charge in [0.05, 0.1) is 5.69 Å². The number of benzene rings is 8. The van der Waals surface area contributed by atoms with Crippen LogP contribution < -0.4 is 4.90 Å². The van der Waals surface area contributed by atoms with Crippen molar-refractivity contribution < 1.29 is 0 Å². The van der Waals surface area contributed by atoms with Crippen LogP contribution in [-0.2, 0) is 0 Å². The molecular formula is C56H41NS. The highest BCUT2D eigenvalue weighted by molar-refractivity contribution is 8.03. The number of anilines is 2. The first-order valence-corrected chi connectivity index (χ1v) is 21.2. The van der Waals surface area contributed by atoms with Crippen LogP contribution in [0.2, 0.25) is 0 Å². The van der Waals surface area contributed by atoms with Gasteiger partial charge in [-0.25, -0.2) is 0 Å². The molecule has 0 amide bonds. The molecule has 58 heavy (non-hydrogen) atoms. The minimum Gasteiger partial charge on any atom is -0.310 e. The van der Waals surface area contributed by atoms with Gasteiger partial charge in [0.25, 0.3) is 0 Å². The minimum atomic E-state index is 0.328. The van der Waals surface area contributed by atoms with Gasteiger partial charge in [-0.2, -0.15) is 0 Å². The molecule has 0 fully saturated rings. The van der Waals surface area contributed by atoms with Gasteiger partial charge in [0.15, 0.2) is 0 Å². The van der Waals surface area contributed by atoms with Crippen LogP contribution in [0, 0.1) is 0 Å². The van der Waals surface area contributed by atoms with Gasteiger partial charge in [0, 0.05) is 33.5 Å². The lowest BCUT2D eigenvalue weighted by Gasteiger charge is -2.30. The Kier molecular flexibility index (Phi) is 8.79. The van der Waals surface area contributed by atoms with E-state index in [1.54, 1.807) is 0 Å². The van der Waals surface area contributed by atoms with Crippen molar-refractivity contribution in [2.45, 2.75) is 29.6 Å². The molecule has 0 spiro atoms. The summed E-state index contributed by atoms with van der Waals surface area (Å²) in [6, 6.07) is 66.9. The van der Waals surface area contributed by atoms with Crippen molar-refractivity contribution in [3.8, 4) is 22.3 Å². The fourth-order valence-electron chi connectivity index (χ4n) is 9.23. The van der Waals surface area contributed by atoms with E-state index in [-0.39, 0.29) is 0 Å². The van der Waals surface area contributed by atoms with E-state index < -0.39 is 0 Å². The SMILES string of the molecule is C1=CC(c2cccc3ccccc23)CC=C1N(c1ccc(-c2cccc(C3=CC=C4Sc5ccc(-c6ccccc6)cc5C4C3)c2)cc1)c1cccc2ccccc12. The van der Waals surface area contributed by atoms with Gasteiger partial charge >= 0.3 is 0 Å². The summed E-state index contributed by atoms with van der Waals surface area (Å²) in [4.78, 5) is 5.29. The standard InChI is InChI=1S/C56H41NS/c1-2-11-38(12-3-1)45-27-33-55-52(36-45)53-37-46(28-34-56(53)58-55)44-18-8-17-43(35-44)39-23-29-47(30-24-39)57(54-22-10-16-41-14-5-7-20-51(41)54)48-31-25-42(26-32-48)50-21-9-15-40-13-4-6-19-49(40)50/h1-25,27-36,42,53H,26,37H2. The van der Waals surface area contributed by atoms with Crippen molar-refractivity contribution in [3.05, 3.63) is 240 Å². The molecular weight excluding hydrogens is 719 g/mol. The lowest BCUT2D eigenvalue weighted by atomic mass is 9.84. The van der Waals surface area contributed by atoms with Crippen molar-refractivity contribution in [1.29, 1.82) is 0 Å². The van der Waals surface area contributed by atoms with Gasteiger partial charge < -0.3 is 4.90 Å². The quantitative estimate of drug-likeness (QED) is 0.159. The van der Waals surface area contributed by atoms with E-state index in [0.29, 0.717) is 11.8 Å². The molecule has 0 N–H and O–H groups in total. The number of hydrogen-bond acceptors (Lipinski definition) is 2. The average molecular weight is 760 g/mol. The van der Waals surface area contributed by atoms with Crippen LogP contribution in [0.4, 0.5) is 11.4 Å². The van der Waals surface area contributed by atoms with Crippen LogP contribution in [0.1, 0.15) is 41.4 Å². The Hall–Kier alpha value is -6.61. The lowest BCUT2D eigenvalue weighted by Crippen LogP contribution is -2.17. The summed E-state index contributed by atoms with van der Waals surface area (Å²) in [7, 11) is 0. The Bertz CT molecular complexity index is 2970. The normalized spacial score (nSPS) is 17.0. The molecule has 2 atom stereocenters. The second-order valence-corrected chi connectivity index (χ2v) is 16.7. The molecule has 276 valence electrons. The number of nitrogens with zero attached hydrogens (tertiary/aromatic N) is 1. The van der Waals surface area contributed by atoms with E-state index in [2.05, 4.69) is 217 Å². The van der Waals surface area contributed by atoms with Gasteiger partial charge in [-0.05, 0) is 121 Å². The zero-order valence-corrected chi connectivity index (χ0v) is 32.9. The van der Waals surface area contributed by atoms with Crippen LogP contribution in [0.15, 0.2) is 228 Å². The Morgan fingerprint density at radius 2 is 1.16 bits per heavy atom. The fourth-order valence-corrected chi connectivity index (χ4v) is 10.4. The van der Waals surface area contributed by atoms with Crippen LogP contribution in [0.25, 0.3) is 49.4 Å². The van der Waals surface area contributed by atoms with Crippen LogP contribution in [0.5, 0.6) is 0 Å². The summed E-state index contributed by atoms with van der Waals surface area (Å²) in [5, 5.41) is 5.11. The highest BCUT2D eigenvalue weighted by atomic mass is 32.2. The summed E-state index contributed by atoms with van der Waals surface area (Å²) < 4.78 is 0. The van der Waals surface area contributed by atoms with E-state index in [9.17, 15) is 0 Å². The topological polar surface area (TPSA) is 3.24 Å². The number of hydrogen-bond donors (Lipinski definition) is 0. The van der Waals surface area contributed by atoms with E-state index in [0.717, 1.165) is 18.5 Å². The number of rotatable bonds is 7. The van der Waals surface area contributed by atoms with Crippen LogP contribution in [-0.4, -0.2) is 0 Å². The molecule has 0 saturated carbocycles. The molecule has 1 nitrogen and oxygen atoms in total. The summed E-state index contributed by atoms with van der Waals surface area (Å²) >= 11 is 1.94. The molecule has 8 aromatic rings. The highest BCUT2D eigenvalue weighted by Gasteiger charge is 2.31. The molecule has 1 heterocycles. The van der Waals surface area contributed by atoms with Gasteiger partial charge in [-0.1, -0.05) is 182 Å². The molecule has 11 rings (SSSR count). The maximum atomic E-state index is 2.44. The third-order valence-corrected chi connectivity index (χ3v) is 13.4. The Labute approximate surface area is 345 Å². The molecule has 2 unspecified atom stereocenters. The molecule has 1 aliphatic heterocycles. The molecule has 8 aromatic carbocycles. The number of allylic oxidation sites excluding steroid dienone is 7. The first-order chi connectivity index (χ1) is 28.7. The van der Waals surface area contributed by atoms with E-state index >= 15 is 0 Å². The molecule has 0 aromatic heterocycles. The Morgan fingerprint density at radius 1 is 0.500 bits per heavy atom. The zero-order chi connectivity index (χ0) is 38.4. The predicted octanol–water partition coefficient (Wildman–Crippen LogP) is 15.7. The van der Waals surface area contributed by atoms with Crippen LogP contribution in [0.3, 0.4) is 0 Å². The molecule has 3 aliphatic rings. The van der Waals surface area contributed by atoms with E-state index in [1.807, 2.05) is 11.8 Å². The van der Waals surface area contributed by atoms with Crippen molar-refractivity contribution in [1.82, 2.24) is 0 Å². The van der Waals surface area contributed by atoms with Crippen molar-refractivity contribution in [2.75, 3.05) is 4.90 Å². The smallest absolute Gasteiger partial charge is 0.0539 e. The molecule has 0 saturated heterocycles. The third kappa shape index (κ3) is 6.31.